The van der Waals surface area contributed by atoms with Gasteiger partial charge in [-0.15, -0.1) is 0 Å². The second-order valence-electron chi connectivity index (χ2n) is 11.5. The van der Waals surface area contributed by atoms with E-state index in [0.29, 0.717) is 12.1 Å². The molecule has 4 fully saturated rings. The molecule has 178 valence electrons. The van der Waals surface area contributed by atoms with Crippen molar-refractivity contribution in [1.82, 2.24) is 4.90 Å². The number of rotatable bonds is 3. The smallest absolute Gasteiger partial charge is 0.178 e. The van der Waals surface area contributed by atoms with Gasteiger partial charge < -0.3 is 10.0 Å². The van der Waals surface area contributed by atoms with Gasteiger partial charge in [0.05, 0.1) is 11.4 Å². The van der Waals surface area contributed by atoms with Crippen LogP contribution in [0.5, 0.6) is 0 Å². The van der Waals surface area contributed by atoms with Gasteiger partial charge >= 0.3 is 0 Å². The number of carbonyl (C=O) groups is 1. The fourth-order valence-electron chi connectivity index (χ4n) is 8.21. The summed E-state index contributed by atoms with van der Waals surface area (Å²) in [4.78, 5) is 21.9. The molecule has 33 heavy (non-hydrogen) atoms. The van der Waals surface area contributed by atoms with Gasteiger partial charge in [0.1, 0.15) is 5.71 Å². The van der Waals surface area contributed by atoms with Crippen molar-refractivity contribution in [2.75, 3.05) is 4.90 Å². The van der Waals surface area contributed by atoms with Gasteiger partial charge in [-0.2, -0.15) is 0 Å². The third kappa shape index (κ3) is 3.95. The third-order valence-corrected chi connectivity index (χ3v) is 9.44. The summed E-state index contributed by atoms with van der Waals surface area (Å²) in [6.07, 6.45) is 15.2. The summed E-state index contributed by atoms with van der Waals surface area (Å²) in [5, 5.41) is 11.3. The van der Waals surface area contributed by atoms with Crippen molar-refractivity contribution in [3.8, 4) is 0 Å². The molecule has 0 aromatic heterocycles. The Labute approximate surface area is 198 Å². The summed E-state index contributed by atoms with van der Waals surface area (Å²) in [7, 11) is 0. The molecule has 0 amide bonds. The monoisotopic (exact) mass is 449 g/mol. The number of para-hydroxylation sites is 2. The summed E-state index contributed by atoms with van der Waals surface area (Å²) in [5.41, 5.74) is 2.09. The van der Waals surface area contributed by atoms with Crippen LogP contribution in [0.3, 0.4) is 0 Å². The number of piperidine rings is 2. The molecule has 5 atom stereocenters. The van der Waals surface area contributed by atoms with E-state index < -0.39 is 6.23 Å². The van der Waals surface area contributed by atoms with Crippen LogP contribution in [0.25, 0.3) is 0 Å². The number of aliphatic imine (C=N–C) groups is 1. The van der Waals surface area contributed by atoms with E-state index in [1.54, 1.807) is 0 Å². The number of benzene rings is 1. The minimum absolute atomic E-state index is 0.135. The lowest BCUT2D eigenvalue weighted by Gasteiger charge is -2.56. The van der Waals surface area contributed by atoms with Gasteiger partial charge in [-0.05, 0) is 68.9 Å². The van der Waals surface area contributed by atoms with Gasteiger partial charge in [0.2, 0.25) is 0 Å². The molecular weight excluding hydrogens is 410 g/mol. The molecule has 1 aromatic carbocycles. The Morgan fingerprint density at radius 2 is 1.52 bits per heavy atom. The van der Waals surface area contributed by atoms with Crippen molar-refractivity contribution in [2.24, 2.45) is 16.8 Å². The number of fused-ring (bicyclic) bond motifs is 5. The van der Waals surface area contributed by atoms with Crippen LogP contribution >= 0.6 is 0 Å². The van der Waals surface area contributed by atoms with Crippen molar-refractivity contribution in [1.29, 1.82) is 0 Å². The van der Waals surface area contributed by atoms with Gasteiger partial charge in [-0.25, -0.2) is 4.99 Å². The lowest BCUT2D eigenvalue weighted by atomic mass is 9.73. The highest BCUT2D eigenvalue weighted by Gasteiger charge is 2.47. The standard InChI is InChI=1S/C28H39N3O2/c1-18(32)27-28(33)31(26-12-5-4-11-25(26)29-27)24-16-21-9-6-10-22(17-24)30(21)23-14-19-7-2-3-8-20(13-19)15-23/h4-5,11-12,19-24,28,33H,2-3,6-10,13-17H2,1H3. The molecule has 1 N–H and O–H groups in total. The Balaban J connectivity index is 1.27. The van der Waals surface area contributed by atoms with Crippen LogP contribution in [0, 0.1) is 11.8 Å². The van der Waals surface area contributed by atoms with Crippen molar-refractivity contribution in [3.63, 3.8) is 0 Å². The predicted octanol–water partition coefficient (Wildman–Crippen LogP) is 5.23. The van der Waals surface area contributed by atoms with E-state index in [9.17, 15) is 9.90 Å². The van der Waals surface area contributed by atoms with Gasteiger partial charge in [0, 0.05) is 31.1 Å². The maximum atomic E-state index is 12.3. The van der Waals surface area contributed by atoms with Crippen molar-refractivity contribution >= 4 is 22.9 Å². The molecule has 5 aliphatic rings. The van der Waals surface area contributed by atoms with E-state index >= 15 is 0 Å². The summed E-state index contributed by atoms with van der Waals surface area (Å²) in [6, 6.07) is 10.2. The molecule has 4 bridgehead atoms. The van der Waals surface area contributed by atoms with Gasteiger partial charge in [-0.1, -0.05) is 44.2 Å². The predicted molar refractivity (Wildman–Crippen MR) is 132 cm³/mol. The first-order valence-electron chi connectivity index (χ1n) is 13.5. The highest BCUT2D eigenvalue weighted by Crippen LogP contribution is 2.47. The van der Waals surface area contributed by atoms with Crippen LogP contribution in [0.1, 0.15) is 84.0 Å². The zero-order valence-corrected chi connectivity index (χ0v) is 20.0. The Hall–Kier alpha value is -1.72. The molecule has 2 aliphatic carbocycles. The number of hydrogen-bond donors (Lipinski definition) is 1. The minimum atomic E-state index is -0.938. The van der Waals surface area contributed by atoms with E-state index in [2.05, 4.69) is 20.9 Å². The number of carbonyl (C=O) groups excluding carboxylic acids is 1. The number of aliphatic hydroxyl groups is 1. The van der Waals surface area contributed by atoms with Gasteiger partial charge in [0.25, 0.3) is 0 Å². The van der Waals surface area contributed by atoms with E-state index in [1.807, 2.05) is 18.2 Å². The van der Waals surface area contributed by atoms with E-state index in [4.69, 9.17) is 0 Å². The Morgan fingerprint density at radius 3 is 2.18 bits per heavy atom. The van der Waals surface area contributed by atoms with E-state index in [-0.39, 0.29) is 17.5 Å². The van der Waals surface area contributed by atoms with Crippen molar-refractivity contribution in [3.05, 3.63) is 24.3 Å². The fraction of sp³-hybridized carbons (Fsp3) is 0.714. The molecule has 2 saturated heterocycles. The molecule has 5 nitrogen and oxygen atoms in total. The molecule has 3 heterocycles. The molecule has 2 saturated carbocycles. The lowest BCUT2D eigenvalue weighted by molar-refractivity contribution is -0.111. The quantitative estimate of drug-likeness (QED) is 0.686. The summed E-state index contributed by atoms with van der Waals surface area (Å²) < 4.78 is 0. The molecular formula is C28H39N3O2. The van der Waals surface area contributed by atoms with Crippen LogP contribution in [0.15, 0.2) is 29.3 Å². The number of nitrogens with zero attached hydrogens (tertiary/aromatic N) is 3. The van der Waals surface area contributed by atoms with Crippen LogP contribution in [0.2, 0.25) is 0 Å². The summed E-state index contributed by atoms with van der Waals surface area (Å²) in [6.45, 7) is 1.52. The number of Topliss-reactive ketones (excluding diaryl/α,β-unsaturated/α-hetero) is 1. The Bertz CT molecular complexity index is 901. The minimum Gasteiger partial charge on any atom is -0.368 e. The van der Waals surface area contributed by atoms with Crippen LogP contribution < -0.4 is 4.90 Å². The second kappa shape index (κ2) is 8.81. The summed E-state index contributed by atoms with van der Waals surface area (Å²) in [5.74, 6) is 1.75. The first kappa shape index (κ1) is 21.8. The largest absolute Gasteiger partial charge is 0.368 e. The van der Waals surface area contributed by atoms with E-state index in [0.717, 1.165) is 42.1 Å². The first-order chi connectivity index (χ1) is 16.1. The molecule has 1 aromatic rings. The van der Waals surface area contributed by atoms with Gasteiger partial charge in [0.15, 0.2) is 12.0 Å². The average molecular weight is 450 g/mol. The van der Waals surface area contributed by atoms with Crippen molar-refractivity contribution < 1.29 is 9.90 Å². The molecule has 5 heteroatoms. The molecule has 5 unspecified atom stereocenters. The molecule has 6 rings (SSSR count). The normalized spacial score (nSPS) is 38.8. The van der Waals surface area contributed by atoms with Crippen molar-refractivity contribution in [2.45, 2.75) is 114 Å². The molecule has 0 spiro atoms. The molecule has 0 radical (unpaired) electrons. The first-order valence-corrected chi connectivity index (χ1v) is 13.5. The Morgan fingerprint density at radius 1 is 0.848 bits per heavy atom. The zero-order chi connectivity index (χ0) is 22.5. The topological polar surface area (TPSA) is 56.1 Å². The third-order valence-electron chi connectivity index (χ3n) is 9.44. The lowest BCUT2D eigenvalue weighted by Crippen LogP contribution is -2.63. The maximum Gasteiger partial charge on any atom is 0.178 e. The number of ketones is 1. The fourth-order valence-corrected chi connectivity index (χ4v) is 8.21. The SMILES string of the molecule is CC(=O)C1=Nc2ccccc2N(C2CC3CCCC(C2)N3C2CC3CCCCC(C3)C2)C1O. The number of hydrogen-bond acceptors (Lipinski definition) is 5. The van der Waals surface area contributed by atoms with Crippen LogP contribution in [0.4, 0.5) is 11.4 Å². The highest BCUT2D eigenvalue weighted by atomic mass is 16.3. The van der Waals surface area contributed by atoms with Crippen LogP contribution in [-0.2, 0) is 4.79 Å². The zero-order valence-electron chi connectivity index (χ0n) is 20.0. The summed E-state index contributed by atoms with van der Waals surface area (Å²) >= 11 is 0. The Kier molecular flexibility index (Phi) is 5.82. The number of aliphatic hydroxyl groups excluding tert-OH is 1. The van der Waals surface area contributed by atoms with E-state index in [1.165, 1.54) is 71.1 Å². The number of anilines is 1. The van der Waals surface area contributed by atoms with Gasteiger partial charge in [-0.3, -0.25) is 9.69 Å². The molecule has 3 aliphatic heterocycles. The van der Waals surface area contributed by atoms with Crippen LogP contribution in [-0.4, -0.2) is 51.9 Å². The maximum absolute atomic E-state index is 12.3. The highest BCUT2D eigenvalue weighted by molar-refractivity contribution is 6.42. The second-order valence-corrected chi connectivity index (χ2v) is 11.5. The average Bonchev–Trinajstić information content (AvgIpc) is 2.97.